The number of anilines is 2. The van der Waals surface area contributed by atoms with Gasteiger partial charge in [0.2, 0.25) is 12.8 Å². The molecule has 0 radical (unpaired) electrons. The van der Waals surface area contributed by atoms with E-state index in [1.54, 1.807) is 17.3 Å². The van der Waals surface area contributed by atoms with Gasteiger partial charge in [0, 0.05) is 86.0 Å². The highest BCUT2D eigenvalue weighted by molar-refractivity contribution is 7.99. The Hall–Kier alpha value is -5.29. The van der Waals surface area contributed by atoms with Crippen LogP contribution in [0.5, 0.6) is 0 Å². The number of fused-ring (bicyclic) bond motifs is 2. The molecule has 20 heteroatoms. The highest BCUT2D eigenvalue weighted by Gasteiger charge is 2.38. The van der Waals surface area contributed by atoms with Crippen LogP contribution in [0, 0.1) is 0 Å². The summed E-state index contributed by atoms with van der Waals surface area (Å²) in [5, 5.41) is 13.3. The number of nitrogens with one attached hydrogen (secondary N) is 5. The molecule has 1 aromatic heterocycles. The molecule has 66 heavy (non-hydrogen) atoms. The van der Waals surface area contributed by atoms with Crippen LogP contribution in [0.25, 0.3) is 0 Å². The van der Waals surface area contributed by atoms with Gasteiger partial charge < -0.3 is 21.3 Å². The average Bonchev–Trinajstić information content (AvgIpc) is 3.90. The van der Waals surface area contributed by atoms with Crippen LogP contribution in [0.4, 0.5) is 11.5 Å². The van der Waals surface area contributed by atoms with E-state index >= 15 is 0 Å². The Bertz CT molecular complexity index is 2470. The molecule has 0 saturated carbocycles. The van der Waals surface area contributed by atoms with Crippen LogP contribution in [0.1, 0.15) is 49.9 Å². The predicted molar refractivity (Wildman–Crippen MR) is 251 cm³/mol. The fourth-order valence-corrected chi connectivity index (χ4v) is 10.3. The number of nitrogens with zero attached hydrogens (tertiary/aromatic N) is 7. The Labute approximate surface area is 393 Å². The summed E-state index contributed by atoms with van der Waals surface area (Å²) in [7, 11) is 0. The number of benzene rings is 3. The zero-order valence-electron chi connectivity index (χ0n) is 36.5. The third-order valence-electron chi connectivity index (χ3n) is 12.9. The summed E-state index contributed by atoms with van der Waals surface area (Å²) >= 11 is 1.48. The van der Waals surface area contributed by atoms with Crippen LogP contribution in [0.15, 0.2) is 108 Å². The molecular weight excluding hydrogens is 882 g/mol. The fourth-order valence-electron chi connectivity index (χ4n) is 9.47. The van der Waals surface area contributed by atoms with Gasteiger partial charge in [-0.15, -0.1) is 12.4 Å². The quantitative estimate of drug-likeness (QED) is 0.113. The summed E-state index contributed by atoms with van der Waals surface area (Å²) in [6.45, 7) is 8.30. The molecule has 10 rings (SSSR count). The fraction of sp³-hybridized carbons (Fsp3) is 0.370. The summed E-state index contributed by atoms with van der Waals surface area (Å²) in [4.78, 5) is 69.8. The van der Waals surface area contributed by atoms with Crippen LogP contribution in [0.3, 0.4) is 0 Å². The van der Waals surface area contributed by atoms with E-state index in [0.29, 0.717) is 54.9 Å². The van der Waals surface area contributed by atoms with Crippen LogP contribution < -0.4 is 37.5 Å². The second kappa shape index (κ2) is 19.9. The van der Waals surface area contributed by atoms with E-state index < -0.39 is 11.9 Å². The highest BCUT2D eigenvalue weighted by atomic mass is 35.5. The van der Waals surface area contributed by atoms with Crippen LogP contribution in [-0.4, -0.2) is 124 Å². The topological polar surface area (TPSA) is 198 Å². The van der Waals surface area contributed by atoms with Crippen molar-refractivity contribution >= 4 is 53.9 Å². The normalized spacial score (nSPS) is 24.1. The number of amides is 3. The predicted octanol–water partition coefficient (Wildman–Crippen LogP) is 2.71. The molecule has 3 saturated heterocycles. The summed E-state index contributed by atoms with van der Waals surface area (Å²) in [5.41, 5.74) is 14.7. The van der Waals surface area contributed by atoms with E-state index in [4.69, 9.17) is 15.4 Å². The average molecular weight is 937 g/mol. The van der Waals surface area contributed by atoms with Gasteiger partial charge in [-0.25, -0.2) is 20.1 Å². The minimum atomic E-state index is -0.625. The Morgan fingerprint density at radius 2 is 1.79 bits per heavy atom. The molecular formula is C46H54ClN13O5S. The number of nitrogens with two attached hydrogens (primary N) is 1. The number of halogens is 1. The van der Waals surface area contributed by atoms with Gasteiger partial charge in [0.15, 0.2) is 5.82 Å². The van der Waals surface area contributed by atoms with Crippen LogP contribution in [0.2, 0.25) is 0 Å². The van der Waals surface area contributed by atoms with E-state index in [0.717, 1.165) is 66.5 Å². The van der Waals surface area contributed by atoms with Crippen molar-refractivity contribution in [3.63, 3.8) is 0 Å². The summed E-state index contributed by atoms with van der Waals surface area (Å²) < 4.78 is 0. The number of hydrogen-bond donors (Lipinski definition) is 6. The smallest absolute Gasteiger partial charge is 0.257 e. The zero-order valence-corrected chi connectivity index (χ0v) is 38.1. The molecule has 4 atom stereocenters. The molecule has 3 amide bonds. The SMILES string of the molecule is CC1(N)C=CN(c2cnc(Sc3cccc(NC(=O)c4ccc5c(c4)CC(N4CCN(C6CNC(NC=O)CN6Cc6ccc7c(c6)CN(C6NCONO6)C7=O)CC4)C5)c3)cn2)C=C1.Cl. The second-order valence-corrected chi connectivity index (χ2v) is 18.5. The largest absolute Gasteiger partial charge is 0.342 e. The number of rotatable bonds is 12. The number of hydrogen-bond acceptors (Lipinski definition) is 16. The van der Waals surface area contributed by atoms with Gasteiger partial charge in [-0.2, -0.15) is 0 Å². The van der Waals surface area contributed by atoms with Crippen molar-refractivity contribution in [2.75, 3.05) is 56.2 Å². The molecule has 346 valence electrons. The molecule has 0 spiro atoms. The first-order valence-corrected chi connectivity index (χ1v) is 22.8. The second-order valence-electron chi connectivity index (χ2n) is 17.4. The first-order valence-electron chi connectivity index (χ1n) is 22.0. The van der Waals surface area contributed by atoms with E-state index in [1.807, 2.05) is 78.8 Å². The maximum atomic E-state index is 13.6. The van der Waals surface area contributed by atoms with Crippen molar-refractivity contribution in [1.29, 1.82) is 0 Å². The van der Waals surface area contributed by atoms with Crippen molar-refractivity contribution in [1.82, 2.24) is 51.2 Å². The molecule has 6 aliphatic rings. The molecule has 6 heterocycles. The third kappa shape index (κ3) is 10.2. The minimum absolute atomic E-state index is 0. The lowest BCUT2D eigenvalue weighted by Crippen LogP contribution is -2.67. The van der Waals surface area contributed by atoms with E-state index in [1.165, 1.54) is 22.9 Å². The Morgan fingerprint density at radius 3 is 2.56 bits per heavy atom. The lowest BCUT2D eigenvalue weighted by atomic mass is 10.0. The third-order valence-corrected chi connectivity index (χ3v) is 13.8. The molecule has 3 aromatic carbocycles. The maximum absolute atomic E-state index is 13.6. The van der Waals surface area contributed by atoms with Crippen LogP contribution in [-0.2, 0) is 40.4 Å². The Morgan fingerprint density at radius 1 is 0.970 bits per heavy atom. The summed E-state index contributed by atoms with van der Waals surface area (Å²) in [5.74, 6) is 0.465. The molecule has 18 nitrogen and oxygen atoms in total. The molecule has 3 fully saturated rings. The van der Waals surface area contributed by atoms with Gasteiger partial charge in [0.1, 0.15) is 11.8 Å². The number of aromatic nitrogens is 2. The summed E-state index contributed by atoms with van der Waals surface area (Å²) in [6.07, 6.45) is 13.0. The van der Waals surface area contributed by atoms with Gasteiger partial charge in [0.25, 0.3) is 11.8 Å². The Kier molecular flexibility index (Phi) is 13.8. The number of piperazine rings is 2. The molecule has 7 N–H and O–H groups in total. The van der Waals surface area contributed by atoms with E-state index in [2.05, 4.69) is 69.8 Å². The molecule has 4 unspecified atom stereocenters. The highest BCUT2D eigenvalue weighted by Crippen LogP contribution is 2.32. The Balaban J connectivity index is 0.00000548. The van der Waals surface area contributed by atoms with Gasteiger partial charge in [0.05, 0.1) is 36.8 Å². The van der Waals surface area contributed by atoms with Gasteiger partial charge in [-0.1, -0.05) is 41.7 Å². The number of carbonyl (C=O) groups is 3. The van der Waals surface area contributed by atoms with Crippen molar-refractivity contribution < 1.29 is 24.1 Å². The van der Waals surface area contributed by atoms with E-state index in [9.17, 15) is 14.4 Å². The molecule has 5 aliphatic heterocycles. The first-order chi connectivity index (χ1) is 31.6. The van der Waals surface area contributed by atoms with Crippen molar-refractivity contribution in [3.05, 3.63) is 131 Å². The standard InChI is InChI=1S/C46H53N13O5S.ClH/c1-46(47)9-11-56(12-10-46)40-22-50-41(23-49-40)65-37-4-2-3-35(21-37)53-43(61)32-7-6-31-19-36(20-33(31)18-32)55-13-15-57(16-14-55)42-24-48-39(51-28-60)27-58(42)25-30-5-8-38-34(17-30)26-59(44(38)62)45-52-29-63-54-64-45;/h2-12,17-18,21-23,28,36,39,42,45,48,52,54H,13-16,19-20,24-27,29,47H2,1H3,(H,51,60)(H,53,61);1H. The van der Waals surface area contributed by atoms with Gasteiger partial charge in [-0.05, 0) is 90.6 Å². The van der Waals surface area contributed by atoms with Crippen molar-refractivity contribution in [3.8, 4) is 0 Å². The molecule has 1 aliphatic carbocycles. The lowest BCUT2D eigenvalue weighted by molar-refractivity contribution is -0.281. The molecule has 4 aromatic rings. The summed E-state index contributed by atoms with van der Waals surface area (Å²) in [6, 6.07) is 20.3. The lowest BCUT2D eigenvalue weighted by Gasteiger charge is -2.48. The maximum Gasteiger partial charge on any atom is 0.257 e. The zero-order chi connectivity index (χ0) is 44.5. The van der Waals surface area contributed by atoms with Crippen LogP contribution >= 0.6 is 24.2 Å². The monoisotopic (exact) mass is 935 g/mol. The van der Waals surface area contributed by atoms with E-state index in [-0.39, 0.29) is 43.3 Å². The molecule has 0 bridgehead atoms. The minimum Gasteiger partial charge on any atom is -0.342 e. The van der Waals surface area contributed by atoms with Gasteiger partial charge >= 0.3 is 0 Å². The first kappa shape index (κ1) is 45.8. The van der Waals surface area contributed by atoms with Gasteiger partial charge in [-0.3, -0.25) is 44.1 Å². The number of carbonyl (C=O) groups excluding carboxylic acids is 3. The van der Waals surface area contributed by atoms with Crippen molar-refractivity contribution in [2.24, 2.45) is 5.73 Å². The van der Waals surface area contributed by atoms with Crippen molar-refractivity contribution in [2.45, 2.75) is 73.0 Å².